The molecule has 0 saturated heterocycles. The van der Waals surface area contributed by atoms with E-state index in [4.69, 9.17) is 4.74 Å². The second kappa shape index (κ2) is 6.42. The fraction of sp³-hybridized carbons (Fsp3) is 0.462. The standard InChI is InChI=1S/C13H18FN5O/c1-4-7-15-9(2)13-16-17-18-19(13)10-5-6-11(14)12(8-10)20-3/h5-6,8-9,15H,4,7H2,1-3H3. The topological polar surface area (TPSA) is 64.9 Å². The quantitative estimate of drug-likeness (QED) is 0.874. The van der Waals surface area contributed by atoms with Gasteiger partial charge in [0, 0.05) is 6.07 Å². The number of hydrogen-bond donors (Lipinski definition) is 1. The highest BCUT2D eigenvalue weighted by Gasteiger charge is 2.16. The van der Waals surface area contributed by atoms with Crippen LogP contribution in [0.25, 0.3) is 5.69 Å². The highest BCUT2D eigenvalue weighted by molar-refractivity contribution is 5.40. The first-order valence-electron chi connectivity index (χ1n) is 6.53. The summed E-state index contributed by atoms with van der Waals surface area (Å²) in [4.78, 5) is 0. The Morgan fingerprint density at radius 1 is 1.45 bits per heavy atom. The minimum absolute atomic E-state index is 0.000924. The van der Waals surface area contributed by atoms with Gasteiger partial charge in [-0.3, -0.25) is 0 Å². The van der Waals surface area contributed by atoms with Gasteiger partial charge in [-0.15, -0.1) is 5.10 Å². The van der Waals surface area contributed by atoms with Crippen molar-refractivity contribution < 1.29 is 9.13 Å². The van der Waals surface area contributed by atoms with Gasteiger partial charge in [0.2, 0.25) is 0 Å². The minimum Gasteiger partial charge on any atom is -0.494 e. The first-order chi connectivity index (χ1) is 9.67. The van der Waals surface area contributed by atoms with Gasteiger partial charge in [0.25, 0.3) is 0 Å². The van der Waals surface area contributed by atoms with Crippen LogP contribution in [0.2, 0.25) is 0 Å². The minimum atomic E-state index is -0.414. The largest absolute Gasteiger partial charge is 0.494 e. The molecule has 7 heteroatoms. The van der Waals surface area contributed by atoms with Crippen molar-refractivity contribution in [3.63, 3.8) is 0 Å². The van der Waals surface area contributed by atoms with Crippen molar-refractivity contribution in [2.45, 2.75) is 26.3 Å². The summed E-state index contributed by atoms with van der Waals surface area (Å²) in [5.74, 6) is 0.424. The van der Waals surface area contributed by atoms with Crippen molar-refractivity contribution in [2.24, 2.45) is 0 Å². The van der Waals surface area contributed by atoms with E-state index in [0.29, 0.717) is 11.5 Å². The maximum absolute atomic E-state index is 13.4. The normalized spacial score (nSPS) is 12.4. The second-order valence-corrected chi connectivity index (χ2v) is 4.44. The number of hydrogen-bond acceptors (Lipinski definition) is 5. The highest BCUT2D eigenvalue weighted by Crippen LogP contribution is 2.22. The fourth-order valence-electron chi connectivity index (χ4n) is 1.88. The summed E-state index contributed by atoms with van der Waals surface area (Å²) in [5, 5.41) is 15.0. The molecule has 2 rings (SSSR count). The molecule has 108 valence electrons. The molecule has 0 amide bonds. The van der Waals surface area contributed by atoms with Crippen LogP contribution in [-0.4, -0.2) is 33.9 Å². The summed E-state index contributed by atoms with van der Waals surface area (Å²) in [7, 11) is 1.42. The molecule has 0 fully saturated rings. The predicted octanol–water partition coefficient (Wildman–Crippen LogP) is 1.87. The molecule has 0 saturated carbocycles. The zero-order valence-corrected chi connectivity index (χ0v) is 11.8. The van der Waals surface area contributed by atoms with E-state index in [1.54, 1.807) is 16.8 Å². The zero-order valence-electron chi connectivity index (χ0n) is 11.8. The summed E-state index contributed by atoms with van der Waals surface area (Å²) in [6, 6.07) is 4.52. The Kier molecular flexibility index (Phi) is 4.62. The Morgan fingerprint density at radius 3 is 2.95 bits per heavy atom. The molecule has 0 bridgehead atoms. The molecule has 0 radical (unpaired) electrons. The lowest BCUT2D eigenvalue weighted by molar-refractivity contribution is 0.386. The Morgan fingerprint density at radius 2 is 2.25 bits per heavy atom. The number of nitrogens with one attached hydrogen (secondary N) is 1. The van der Waals surface area contributed by atoms with Crippen molar-refractivity contribution in [1.82, 2.24) is 25.5 Å². The van der Waals surface area contributed by atoms with E-state index in [0.717, 1.165) is 13.0 Å². The summed E-state index contributed by atoms with van der Waals surface area (Å²) in [6.07, 6.45) is 1.02. The highest BCUT2D eigenvalue weighted by atomic mass is 19.1. The SMILES string of the molecule is CCCNC(C)c1nnnn1-c1ccc(F)c(OC)c1. The summed E-state index contributed by atoms with van der Waals surface area (Å²) >= 11 is 0. The smallest absolute Gasteiger partial charge is 0.173 e. The van der Waals surface area contributed by atoms with Crippen molar-refractivity contribution >= 4 is 0 Å². The van der Waals surface area contributed by atoms with Gasteiger partial charge >= 0.3 is 0 Å². The predicted molar refractivity (Wildman–Crippen MR) is 72.4 cm³/mol. The molecule has 0 aliphatic rings. The molecule has 1 aromatic heterocycles. The molecule has 2 aromatic rings. The van der Waals surface area contributed by atoms with Crippen LogP contribution in [0, 0.1) is 5.82 Å². The molecule has 20 heavy (non-hydrogen) atoms. The monoisotopic (exact) mass is 279 g/mol. The van der Waals surface area contributed by atoms with Gasteiger partial charge in [-0.2, -0.15) is 4.68 Å². The third-order valence-corrected chi connectivity index (χ3v) is 2.96. The number of rotatable bonds is 6. The number of tetrazole rings is 1. The van der Waals surface area contributed by atoms with Crippen molar-refractivity contribution in [3.05, 3.63) is 29.8 Å². The molecule has 1 atom stereocenters. The van der Waals surface area contributed by atoms with Crippen molar-refractivity contribution in [2.75, 3.05) is 13.7 Å². The van der Waals surface area contributed by atoms with Gasteiger partial charge in [-0.1, -0.05) is 6.92 Å². The first-order valence-corrected chi connectivity index (χ1v) is 6.53. The molecule has 1 aromatic carbocycles. The number of ether oxygens (including phenoxy) is 1. The van der Waals surface area contributed by atoms with Gasteiger partial charge in [0.1, 0.15) is 0 Å². The Labute approximate surface area is 116 Å². The Balaban J connectivity index is 2.32. The van der Waals surface area contributed by atoms with Crippen LogP contribution in [0.4, 0.5) is 4.39 Å². The van der Waals surface area contributed by atoms with Gasteiger partial charge in [-0.25, -0.2) is 4.39 Å². The lowest BCUT2D eigenvalue weighted by Crippen LogP contribution is -2.22. The van der Waals surface area contributed by atoms with Crippen LogP contribution in [0.3, 0.4) is 0 Å². The number of benzene rings is 1. The Hall–Kier alpha value is -2.02. The van der Waals surface area contributed by atoms with Crippen LogP contribution < -0.4 is 10.1 Å². The number of nitrogens with zero attached hydrogens (tertiary/aromatic N) is 4. The Bertz CT molecular complexity index is 572. The van der Waals surface area contributed by atoms with Crippen LogP contribution in [-0.2, 0) is 0 Å². The van der Waals surface area contributed by atoms with Crippen LogP contribution in [0.15, 0.2) is 18.2 Å². The van der Waals surface area contributed by atoms with Crippen molar-refractivity contribution in [1.29, 1.82) is 0 Å². The summed E-state index contributed by atoms with van der Waals surface area (Å²) in [5.41, 5.74) is 0.661. The third-order valence-electron chi connectivity index (χ3n) is 2.96. The third kappa shape index (κ3) is 2.93. The average molecular weight is 279 g/mol. The van der Waals surface area contributed by atoms with E-state index in [1.165, 1.54) is 13.2 Å². The lowest BCUT2D eigenvalue weighted by atomic mass is 10.2. The average Bonchev–Trinajstić information content (AvgIpc) is 2.94. The maximum Gasteiger partial charge on any atom is 0.173 e. The fourth-order valence-corrected chi connectivity index (χ4v) is 1.88. The van der Waals surface area contributed by atoms with E-state index in [1.807, 2.05) is 6.92 Å². The van der Waals surface area contributed by atoms with Gasteiger partial charge < -0.3 is 10.1 Å². The van der Waals surface area contributed by atoms with E-state index >= 15 is 0 Å². The molecule has 0 aliphatic carbocycles. The van der Waals surface area contributed by atoms with E-state index in [9.17, 15) is 4.39 Å². The first kappa shape index (κ1) is 14.4. The number of methoxy groups -OCH3 is 1. The molecular weight excluding hydrogens is 261 g/mol. The number of halogens is 1. The second-order valence-electron chi connectivity index (χ2n) is 4.44. The maximum atomic E-state index is 13.4. The van der Waals surface area contributed by atoms with Gasteiger partial charge in [0.05, 0.1) is 18.8 Å². The summed E-state index contributed by atoms with van der Waals surface area (Å²) in [6.45, 7) is 4.95. The molecule has 1 heterocycles. The van der Waals surface area contributed by atoms with Crippen molar-refractivity contribution in [3.8, 4) is 11.4 Å². The molecule has 1 unspecified atom stereocenters. The van der Waals surface area contributed by atoms with Crippen LogP contribution in [0.1, 0.15) is 32.1 Å². The van der Waals surface area contributed by atoms with Crippen LogP contribution >= 0.6 is 0 Å². The molecular formula is C13H18FN5O. The number of aromatic nitrogens is 4. The lowest BCUT2D eigenvalue weighted by Gasteiger charge is -2.13. The van der Waals surface area contributed by atoms with E-state index in [-0.39, 0.29) is 11.8 Å². The summed E-state index contributed by atoms with van der Waals surface area (Å²) < 4.78 is 20.0. The van der Waals surface area contributed by atoms with Gasteiger partial charge in [0.15, 0.2) is 17.4 Å². The van der Waals surface area contributed by atoms with E-state index < -0.39 is 5.82 Å². The zero-order chi connectivity index (χ0) is 14.5. The molecule has 6 nitrogen and oxygen atoms in total. The van der Waals surface area contributed by atoms with Crippen LogP contribution in [0.5, 0.6) is 5.75 Å². The molecule has 0 aliphatic heterocycles. The molecule has 1 N–H and O–H groups in total. The van der Waals surface area contributed by atoms with Gasteiger partial charge in [-0.05, 0) is 42.4 Å². The molecule has 0 spiro atoms. The van der Waals surface area contributed by atoms with E-state index in [2.05, 4.69) is 27.8 Å².